The van der Waals surface area contributed by atoms with Crippen molar-refractivity contribution in [3.05, 3.63) is 126 Å². The van der Waals surface area contributed by atoms with E-state index in [0.29, 0.717) is 11.4 Å². The molecule has 21 heteroatoms. The predicted octanol–water partition coefficient (Wildman–Crippen LogP) is 9.56. The topological polar surface area (TPSA) is 210 Å². The van der Waals surface area contributed by atoms with Gasteiger partial charge in [-0.2, -0.15) is 26.8 Å². The number of aromatic amines is 1. The number of anilines is 1. The lowest BCUT2D eigenvalue weighted by Crippen LogP contribution is -2.47. The Morgan fingerprint density at radius 2 is 1.36 bits per heavy atom. The Morgan fingerprint density at radius 3 is 1.88 bits per heavy atom. The second kappa shape index (κ2) is 21.9. The number of halogens is 1. The Labute approximate surface area is 416 Å². The smallest absolute Gasteiger partial charge is 0.295 e. The van der Waals surface area contributed by atoms with Gasteiger partial charge >= 0.3 is 0 Å². The summed E-state index contributed by atoms with van der Waals surface area (Å²) < 4.78 is 88.3. The Balaban J connectivity index is 0.000000175. The summed E-state index contributed by atoms with van der Waals surface area (Å²) in [6, 6.07) is 25.1. The molecule has 15 nitrogen and oxygen atoms in total. The van der Waals surface area contributed by atoms with E-state index >= 15 is 0 Å². The quantitative estimate of drug-likeness (QED) is 0.0363. The zero-order valence-electron chi connectivity index (χ0n) is 37.9. The van der Waals surface area contributed by atoms with Crippen LogP contribution >= 0.6 is 35.1 Å². The second-order valence-corrected chi connectivity index (χ2v) is 21.7. The lowest BCUT2D eigenvalue weighted by molar-refractivity contribution is -0.134. The summed E-state index contributed by atoms with van der Waals surface area (Å²) in [4.78, 5) is 29.0. The molecule has 0 saturated carbocycles. The summed E-state index contributed by atoms with van der Waals surface area (Å²) in [6.07, 6.45) is 7.91. The predicted molar refractivity (Wildman–Crippen MR) is 280 cm³/mol. The van der Waals surface area contributed by atoms with E-state index in [0.717, 1.165) is 49.3 Å². The molecule has 0 radical (unpaired) electrons. The van der Waals surface area contributed by atoms with Crippen molar-refractivity contribution in [2.45, 2.75) is 41.0 Å². The van der Waals surface area contributed by atoms with Gasteiger partial charge in [-0.3, -0.25) is 18.8 Å². The summed E-state index contributed by atoms with van der Waals surface area (Å²) in [6.45, 7) is 6.47. The molecule has 2 atom stereocenters. The zero-order chi connectivity index (χ0) is 50.4. The standard InChI is InChI=1S/C20H25N3O.C16H10N2O6S4.C12H12ClNO2S/c1-4-23(5-2)20(24)14-9-16-15-7-6-8-17-19(15)13(11-21-17)10-18(16)22(3)12-14;19-27(20,21)15-7-13(17-9-25)5-3-11(15)1-2-12-4-6-14(18-10-26)8-16(12)28(22,23)24;1-14(2)11-7-3-6-10-9(11)5-4-8-12(10)17(13,15)16/h6-9,11,14,18,21H,4-5,10,12H2,1-3H3;1-8H,(H,19,20,21)(H,22,23,24);3-8H,1-2H3/t14-,18-;;/m1../s1. The van der Waals surface area contributed by atoms with Crippen LogP contribution in [0, 0.1) is 5.92 Å². The molecule has 0 unspecified atom stereocenters. The zero-order valence-corrected chi connectivity index (χ0v) is 42.7. The van der Waals surface area contributed by atoms with Crippen molar-refractivity contribution in [1.82, 2.24) is 14.8 Å². The molecule has 0 bridgehead atoms. The number of aromatic nitrogens is 1. The maximum Gasteiger partial charge on any atom is 0.295 e. The van der Waals surface area contributed by atoms with Crippen molar-refractivity contribution < 1.29 is 39.2 Å². The van der Waals surface area contributed by atoms with Crippen LogP contribution in [0.3, 0.4) is 0 Å². The second-order valence-electron chi connectivity index (χ2n) is 16.0. The lowest BCUT2D eigenvalue weighted by Gasteiger charge is -2.40. The van der Waals surface area contributed by atoms with Crippen LogP contribution in [0.25, 0.3) is 39.4 Å². The molecule has 1 aromatic heterocycles. The Kier molecular flexibility index (Phi) is 16.7. The minimum absolute atomic E-state index is 0.0445. The van der Waals surface area contributed by atoms with Gasteiger partial charge in [0.15, 0.2) is 0 Å². The molecule has 69 heavy (non-hydrogen) atoms. The molecule has 8 rings (SSSR count). The number of likely N-dealkylation sites (N-methyl/N-ethyl adjacent to an activating group) is 1. The van der Waals surface area contributed by atoms with Gasteiger partial charge in [-0.05, 0) is 122 Å². The number of H-pyrrole nitrogens is 1. The van der Waals surface area contributed by atoms with Gasteiger partial charge in [0.05, 0.1) is 32.5 Å². The fourth-order valence-electron chi connectivity index (χ4n) is 8.43. The molecule has 0 spiro atoms. The summed E-state index contributed by atoms with van der Waals surface area (Å²) in [7, 11) is -1.53. The maximum absolute atomic E-state index is 12.9. The Hall–Kier alpha value is -5.73. The number of aliphatic imine (C=N–C) groups is 2. The van der Waals surface area contributed by atoms with Gasteiger partial charge in [0.1, 0.15) is 9.79 Å². The molecule has 0 fully saturated rings. The normalized spacial score (nSPS) is 15.6. The van der Waals surface area contributed by atoms with Crippen molar-refractivity contribution >= 4 is 137 Å². The van der Waals surface area contributed by atoms with Gasteiger partial charge in [0, 0.05) is 84.0 Å². The minimum Gasteiger partial charge on any atom is -0.377 e. The fraction of sp³-hybridized carbons (Fsp3) is 0.229. The summed E-state index contributed by atoms with van der Waals surface area (Å²) in [5.41, 5.74) is 6.58. The highest BCUT2D eigenvalue weighted by molar-refractivity contribution is 8.14. The van der Waals surface area contributed by atoms with E-state index in [1.807, 2.05) is 42.1 Å². The van der Waals surface area contributed by atoms with Crippen LogP contribution < -0.4 is 4.90 Å². The van der Waals surface area contributed by atoms with E-state index in [1.54, 1.807) is 12.1 Å². The van der Waals surface area contributed by atoms with E-state index in [-0.39, 0.29) is 39.2 Å². The largest absolute Gasteiger partial charge is 0.377 e. The van der Waals surface area contributed by atoms with Crippen molar-refractivity contribution in [2.75, 3.05) is 45.7 Å². The first-order valence-corrected chi connectivity index (χ1v) is 27.1. The van der Waals surface area contributed by atoms with Crippen molar-refractivity contribution in [1.29, 1.82) is 0 Å². The number of isothiocyanates is 2. The number of fused-ring (bicyclic) bond motifs is 3. The van der Waals surface area contributed by atoms with Crippen molar-refractivity contribution in [3.8, 4) is 0 Å². The lowest BCUT2D eigenvalue weighted by atomic mass is 9.79. The maximum atomic E-state index is 12.9. The minimum atomic E-state index is -4.61. The SMILES string of the molecule is CCN(CC)C(=O)[C@@H]1C=C2c3cccc4[nH]cc(c34)C[C@H]2N(C)C1.CN(C)c1cccc2c(S(=O)(=O)Cl)cccc12.O=S(=O)(O)c1cc(N=C=S)ccc1C=Cc1ccc(N=C=S)cc1S(=O)(=O)O. The highest BCUT2D eigenvalue weighted by Gasteiger charge is 2.36. The molecule has 1 amide bonds. The van der Waals surface area contributed by atoms with Gasteiger partial charge in [0.25, 0.3) is 29.3 Å². The number of carbonyl (C=O) groups is 1. The van der Waals surface area contributed by atoms with Gasteiger partial charge in [-0.25, -0.2) is 8.42 Å². The molecule has 1 aliphatic carbocycles. The Bertz CT molecular complexity index is 3370. The Morgan fingerprint density at radius 1 is 0.812 bits per heavy atom. The molecule has 0 saturated heterocycles. The van der Waals surface area contributed by atoms with Crippen LogP contribution in [0.1, 0.15) is 36.1 Å². The third-order valence-corrected chi connectivity index (χ3v) is 15.0. The number of carbonyl (C=O) groups excluding carboxylic acids is 1. The third-order valence-electron chi connectivity index (χ3n) is 11.6. The van der Waals surface area contributed by atoms with E-state index < -0.39 is 39.1 Å². The molecule has 5 aromatic carbocycles. The molecular formula is C48H47ClN6O9S5. The molecule has 2 aliphatic rings. The number of nitrogens with one attached hydrogen (secondary N) is 1. The van der Waals surface area contributed by atoms with Crippen LogP contribution in [0.5, 0.6) is 0 Å². The van der Waals surface area contributed by atoms with Crippen LogP contribution in [-0.4, -0.2) is 112 Å². The van der Waals surface area contributed by atoms with Gasteiger partial charge in [0.2, 0.25) is 5.91 Å². The first kappa shape index (κ1) is 52.6. The third kappa shape index (κ3) is 12.2. The number of thiocarbonyl (C=S) groups is 2. The van der Waals surface area contributed by atoms with Gasteiger partial charge in [-0.1, -0.05) is 66.8 Å². The highest BCUT2D eigenvalue weighted by Crippen LogP contribution is 2.41. The van der Waals surface area contributed by atoms with Crippen LogP contribution in [-0.2, 0) is 40.5 Å². The van der Waals surface area contributed by atoms with Crippen molar-refractivity contribution in [3.63, 3.8) is 0 Å². The molecular weight excluding hydrogens is 1000 g/mol. The highest BCUT2D eigenvalue weighted by atomic mass is 35.7. The molecule has 1 aliphatic heterocycles. The molecule has 3 N–H and O–H groups in total. The first-order valence-electron chi connectivity index (χ1n) is 21.1. The number of hydrogen-bond acceptors (Lipinski definition) is 13. The number of hydrogen-bond donors (Lipinski definition) is 3. The molecule has 6 aromatic rings. The van der Waals surface area contributed by atoms with Crippen LogP contribution in [0.4, 0.5) is 17.1 Å². The summed E-state index contributed by atoms with van der Waals surface area (Å²) in [5.74, 6) is 0.210. The van der Waals surface area contributed by atoms with Crippen molar-refractivity contribution in [2.24, 2.45) is 15.9 Å². The van der Waals surface area contributed by atoms with Crippen LogP contribution in [0.15, 0.2) is 128 Å². The van der Waals surface area contributed by atoms with Crippen LogP contribution in [0.2, 0.25) is 0 Å². The first-order chi connectivity index (χ1) is 32.6. The fourth-order valence-corrected chi connectivity index (χ4v) is 11.1. The van der Waals surface area contributed by atoms with E-state index in [9.17, 15) is 39.2 Å². The monoisotopic (exact) mass is 1050 g/mol. The average molecular weight is 1050 g/mol. The van der Waals surface area contributed by atoms with Gasteiger partial charge < -0.3 is 14.8 Å². The number of amides is 1. The van der Waals surface area contributed by atoms with E-state index in [4.69, 9.17) is 10.7 Å². The van der Waals surface area contributed by atoms with Gasteiger partial charge in [-0.15, -0.1) is 0 Å². The molecule has 360 valence electrons. The average Bonchev–Trinajstić information content (AvgIpc) is 3.72. The van der Waals surface area contributed by atoms with E-state index in [2.05, 4.69) is 106 Å². The molecule has 2 heterocycles. The number of rotatable bonds is 11. The summed E-state index contributed by atoms with van der Waals surface area (Å²) in [5, 5.41) is 7.01. The number of nitrogens with zero attached hydrogens (tertiary/aromatic N) is 5. The van der Waals surface area contributed by atoms with E-state index in [1.165, 1.54) is 70.1 Å². The number of benzene rings is 5. The summed E-state index contributed by atoms with van der Waals surface area (Å²) >= 11 is 8.91.